The highest BCUT2D eigenvalue weighted by Crippen LogP contribution is 2.35. The molecule has 0 amide bonds. The van der Waals surface area contributed by atoms with Crippen molar-refractivity contribution < 1.29 is 4.74 Å². The molecule has 2 unspecified atom stereocenters. The molecule has 2 N–H and O–H groups in total. The topological polar surface area (TPSA) is 35.2 Å². The van der Waals surface area contributed by atoms with Crippen molar-refractivity contribution in [2.75, 3.05) is 12.9 Å². The second-order valence-corrected chi connectivity index (χ2v) is 6.00. The Morgan fingerprint density at radius 1 is 1.41 bits per heavy atom. The van der Waals surface area contributed by atoms with E-state index in [9.17, 15) is 0 Å². The average molecular weight is 251 g/mol. The molecule has 0 saturated carbocycles. The molecule has 94 valence electrons. The number of aryl methyl sites for hydroxylation is 1. The highest BCUT2D eigenvalue weighted by atomic mass is 32.2. The monoisotopic (exact) mass is 251 g/mol. The van der Waals surface area contributed by atoms with E-state index in [1.165, 1.54) is 36.1 Å². The van der Waals surface area contributed by atoms with Gasteiger partial charge in [0.1, 0.15) is 5.75 Å². The molecule has 17 heavy (non-hydrogen) atoms. The van der Waals surface area contributed by atoms with E-state index in [0.717, 1.165) is 5.75 Å². The van der Waals surface area contributed by atoms with Crippen LogP contribution in [0.25, 0.3) is 0 Å². The molecule has 2 atom stereocenters. The zero-order chi connectivity index (χ0) is 12.3. The molecule has 3 heteroatoms. The van der Waals surface area contributed by atoms with Gasteiger partial charge in [0.05, 0.1) is 7.11 Å². The second-order valence-electron chi connectivity index (χ2n) is 4.65. The van der Waals surface area contributed by atoms with Crippen LogP contribution in [0.3, 0.4) is 0 Å². The molecule has 0 bridgehead atoms. The Labute approximate surface area is 108 Å². The van der Waals surface area contributed by atoms with Gasteiger partial charge in [0.25, 0.3) is 0 Å². The summed E-state index contributed by atoms with van der Waals surface area (Å²) in [5.41, 5.74) is 8.91. The number of hydrogen-bond donors (Lipinski definition) is 1. The van der Waals surface area contributed by atoms with E-state index >= 15 is 0 Å². The van der Waals surface area contributed by atoms with Gasteiger partial charge in [-0.2, -0.15) is 11.8 Å². The van der Waals surface area contributed by atoms with Gasteiger partial charge < -0.3 is 10.5 Å². The molecule has 0 aliphatic carbocycles. The lowest BCUT2D eigenvalue weighted by atomic mass is 9.96. The smallest absolute Gasteiger partial charge is 0.119 e. The van der Waals surface area contributed by atoms with Crippen LogP contribution >= 0.6 is 11.8 Å². The summed E-state index contributed by atoms with van der Waals surface area (Å²) in [5.74, 6) is 2.17. The van der Waals surface area contributed by atoms with Crippen LogP contribution in [0.4, 0.5) is 0 Å². The minimum atomic E-state index is 0.159. The van der Waals surface area contributed by atoms with Crippen molar-refractivity contribution in [2.24, 2.45) is 5.73 Å². The third-order valence-corrected chi connectivity index (χ3v) is 4.93. The zero-order valence-electron chi connectivity index (χ0n) is 10.6. The van der Waals surface area contributed by atoms with Crippen LogP contribution in [0.1, 0.15) is 36.4 Å². The van der Waals surface area contributed by atoms with Crippen LogP contribution in [-0.4, -0.2) is 18.1 Å². The van der Waals surface area contributed by atoms with Gasteiger partial charge in [-0.3, -0.25) is 0 Å². The summed E-state index contributed by atoms with van der Waals surface area (Å²) < 4.78 is 5.23. The largest absolute Gasteiger partial charge is 0.497 e. The summed E-state index contributed by atoms with van der Waals surface area (Å²) in [6, 6.07) is 6.36. The first-order chi connectivity index (χ1) is 8.22. The van der Waals surface area contributed by atoms with Gasteiger partial charge in [0, 0.05) is 11.3 Å². The maximum atomic E-state index is 6.40. The fraction of sp³-hybridized carbons (Fsp3) is 0.571. The van der Waals surface area contributed by atoms with Crippen LogP contribution in [0.15, 0.2) is 18.2 Å². The van der Waals surface area contributed by atoms with Gasteiger partial charge in [-0.25, -0.2) is 0 Å². The molecule has 1 aliphatic heterocycles. The lowest BCUT2D eigenvalue weighted by Gasteiger charge is -2.28. The molecule has 0 aromatic heterocycles. The molecule has 1 aromatic carbocycles. The summed E-state index contributed by atoms with van der Waals surface area (Å²) in [4.78, 5) is 0. The first-order valence-corrected chi connectivity index (χ1v) is 7.29. The number of hydrogen-bond acceptors (Lipinski definition) is 3. The Hall–Kier alpha value is -0.670. The average Bonchev–Trinajstić information content (AvgIpc) is 2.39. The molecule has 1 aromatic rings. The predicted molar refractivity (Wildman–Crippen MR) is 74.8 cm³/mol. The Morgan fingerprint density at radius 2 is 2.24 bits per heavy atom. The molecular weight excluding hydrogens is 230 g/mol. The molecule has 1 aliphatic rings. The Kier molecular flexibility index (Phi) is 4.35. The number of benzene rings is 1. The third-order valence-electron chi connectivity index (χ3n) is 3.45. The van der Waals surface area contributed by atoms with E-state index in [2.05, 4.69) is 19.1 Å². The fourth-order valence-corrected chi connectivity index (χ4v) is 3.76. The molecule has 1 fully saturated rings. The van der Waals surface area contributed by atoms with Crippen molar-refractivity contribution in [1.29, 1.82) is 0 Å². The molecule has 2 nitrogen and oxygen atoms in total. The predicted octanol–water partition coefficient (Wildman–Crippen LogP) is 3.29. The van der Waals surface area contributed by atoms with Gasteiger partial charge in [0.15, 0.2) is 0 Å². The van der Waals surface area contributed by atoms with E-state index in [1.807, 2.05) is 17.8 Å². The molecule has 1 heterocycles. The zero-order valence-corrected chi connectivity index (χ0v) is 11.4. The van der Waals surface area contributed by atoms with Crippen LogP contribution in [0, 0.1) is 6.92 Å². The lowest BCUT2D eigenvalue weighted by Crippen LogP contribution is -2.26. The molecule has 2 rings (SSSR count). The van der Waals surface area contributed by atoms with Crippen molar-refractivity contribution >= 4 is 11.8 Å². The summed E-state index contributed by atoms with van der Waals surface area (Å²) >= 11 is 2.03. The van der Waals surface area contributed by atoms with Crippen LogP contribution in [0.2, 0.25) is 0 Å². The van der Waals surface area contributed by atoms with Gasteiger partial charge in [-0.1, -0.05) is 12.5 Å². The molecular formula is C14H21NOS. The van der Waals surface area contributed by atoms with Gasteiger partial charge >= 0.3 is 0 Å². The van der Waals surface area contributed by atoms with E-state index in [1.54, 1.807) is 7.11 Å². The molecule has 0 spiro atoms. The van der Waals surface area contributed by atoms with Gasteiger partial charge in [-0.15, -0.1) is 0 Å². The number of nitrogens with two attached hydrogens (primary N) is 1. The first-order valence-electron chi connectivity index (χ1n) is 6.24. The quantitative estimate of drug-likeness (QED) is 0.895. The Bertz CT molecular complexity index is 374. The van der Waals surface area contributed by atoms with Crippen molar-refractivity contribution in [3.05, 3.63) is 29.3 Å². The van der Waals surface area contributed by atoms with E-state index in [4.69, 9.17) is 10.5 Å². The number of thioether (sulfide) groups is 1. The summed E-state index contributed by atoms with van der Waals surface area (Å²) in [7, 11) is 1.70. The minimum absolute atomic E-state index is 0.159. The first kappa shape index (κ1) is 12.8. The molecule has 1 saturated heterocycles. The number of methoxy groups -OCH3 is 1. The normalized spacial score (nSPS) is 22.2. The summed E-state index contributed by atoms with van der Waals surface area (Å²) in [6.45, 7) is 2.12. The fourth-order valence-electron chi connectivity index (χ4n) is 2.40. The second kappa shape index (κ2) is 5.78. The maximum Gasteiger partial charge on any atom is 0.119 e. The standard InChI is InChI=1S/C14H21NOS/c1-10-9-11(16-2)6-7-12(10)14(15)13-5-3-4-8-17-13/h6-7,9,13-14H,3-5,8,15H2,1-2H3. The van der Waals surface area contributed by atoms with Crippen LogP contribution in [0.5, 0.6) is 5.75 Å². The van der Waals surface area contributed by atoms with Crippen molar-refractivity contribution in [3.63, 3.8) is 0 Å². The van der Waals surface area contributed by atoms with E-state index < -0.39 is 0 Å². The highest BCUT2D eigenvalue weighted by Gasteiger charge is 2.23. The highest BCUT2D eigenvalue weighted by molar-refractivity contribution is 8.00. The lowest BCUT2D eigenvalue weighted by molar-refractivity contribution is 0.414. The minimum Gasteiger partial charge on any atom is -0.497 e. The summed E-state index contributed by atoms with van der Waals surface area (Å²) in [6.07, 6.45) is 3.91. The third kappa shape index (κ3) is 2.96. The number of rotatable bonds is 3. The van der Waals surface area contributed by atoms with Crippen molar-refractivity contribution in [1.82, 2.24) is 0 Å². The van der Waals surface area contributed by atoms with E-state index in [0.29, 0.717) is 5.25 Å². The number of ether oxygens (including phenoxy) is 1. The van der Waals surface area contributed by atoms with Crippen molar-refractivity contribution in [2.45, 2.75) is 37.5 Å². The van der Waals surface area contributed by atoms with Crippen LogP contribution < -0.4 is 10.5 Å². The van der Waals surface area contributed by atoms with Gasteiger partial charge in [0.2, 0.25) is 0 Å². The summed E-state index contributed by atoms with van der Waals surface area (Å²) in [5, 5.41) is 0.579. The molecule has 0 radical (unpaired) electrons. The Morgan fingerprint density at radius 3 is 2.82 bits per heavy atom. The van der Waals surface area contributed by atoms with E-state index in [-0.39, 0.29) is 6.04 Å². The Balaban J connectivity index is 2.15. The maximum absolute atomic E-state index is 6.40. The van der Waals surface area contributed by atoms with Crippen molar-refractivity contribution in [3.8, 4) is 5.75 Å². The van der Waals surface area contributed by atoms with Gasteiger partial charge in [-0.05, 0) is 48.8 Å². The van der Waals surface area contributed by atoms with Crippen LogP contribution in [-0.2, 0) is 0 Å². The SMILES string of the molecule is COc1ccc(C(N)C2CCCCS2)c(C)c1.